The molecule has 4 aliphatic carbocycles. The largest absolute Gasteiger partial charge is 0.378 e. The highest BCUT2D eigenvalue weighted by Gasteiger charge is 2.48. The molecular weight excluding hydrogens is 380 g/mol. The quantitative estimate of drug-likeness (QED) is 0.457. The summed E-state index contributed by atoms with van der Waals surface area (Å²) in [5, 5.41) is 0. The zero-order valence-corrected chi connectivity index (χ0v) is 17.8. The van der Waals surface area contributed by atoms with Crippen LogP contribution in [0, 0.1) is 35.5 Å². The second-order valence-electron chi connectivity index (χ2n) is 10.4. The van der Waals surface area contributed by atoms with E-state index in [1.807, 2.05) is 0 Å². The van der Waals surface area contributed by atoms with E-state index >= 15 is 8.78 Å². The van der Waals surface area contributed by atoms with Gasteiger partial charge in [-0.25, -0.2) is 17.6 Å². The Morgan fingerprint density at radius 3 is 1.76 bits per heavy atom. The molecule has 0 N–H and O–H groups in total. The Kier molecular flexibility index (Phi) is 7.13. The van der Waals surface area contributed by atoms with Gasteiger partial charge in [0.15, 0.2) is 0 Å². The molecule has 0 saturated heterocycles. The number of hydrogen-bond acceptors (Lipinski definition) is 1. The van der Waals surface area contributed by atoms with Gasteiger partial charge in [-0.3, -0.25) is 0 Å². The van der Waals surface area contributed by atoms with Gasteiger partial charge in [0, 0.05) is 12.5 Å². The highest BCUT2D eigenvalue weighted by Crippen LogP contribution is 2.51. The Labute approximate surface area is 173 Å². The average molecular weight is 419 g/mol. The van der Waals surface area contributed by atoms with Gasteiger partial charge in [0.2, 0.25) is 0 Å². The summed E-state index contributed by atoms with van der Waals surface area (Å²) in [6, 6.07) is 0. The van der Waals surface area contributed by atoms with Gasteiger partial charge in [-0.1, -0.05) is 0 Å². The summed E-state index contributed by atoms with van der Waals surface area (Å²) in [7, 11) is 0. The Balaban J connectivity index is 1.32. The van der Waals surface area contributed by atoms with Gasteiger partial charge in [0.1, 0.15) is 24.7 Å². The third-order valence-corrected chi connectivity index (χ3v) is 8.84. The molecule has 168 valence electrons. The van der Waals surface area contributed by atoms with Crippen LogP contribution in [0.3, 0.4) is 0 Å². The summed E-state index contributed by atoms with van der Waals surface area (Å²) in [4.78, 5) is 0. The fourth-order valence-electron chi connectivity index (χ4n) is 7.35. The first-order valence-electron chi connectivity index (χ1n) is 12.1. The summed E-state index contributed by atoms with van der Waals surface area (Å²) < 4.78 is 63.3. The molecule has 1 nitrogen and oxygen atoms in total. The second kappa shape index (κ2) is 9.44. The molecule has 4 aliphatic rings. The number of halogens is 4. The first kappa shape index (κ1) is 21.9. The van der Waals surface area contributed by atoms with Gasteiger partial charge in [0.25, 0.3) is 0 Å². The predicted octanol–water partition coefficient (Wildman–Crippen LogP) is 6.79. The lowest BCUT2D eigenvalue weighted by Gasteiger charge is -2.47. The van der Waals surface area contributed by atoms with Crippen molar-refractivity contribution in [3.05, 3.63) is 0 Å². The van der Waals surface area contributed by atoms with Crippen LogP contribution in [0.4, 0.5) is 17.6 Å². The molecule has 4 rings (SSSR count). The van der Waals surface area contributed by atoms with Gasteiger partial charge in [0.05, 0.1) is 6.10 Å². The van der Waals surface area contributed by atoms with Crippen molar-refractivity contribution in [3.63, 3.8) is 0 Å². The van der Waals surface area contributed by atoms with E-state index in [0.29, 0.717) is 43.1 Å². The topological polar surface area (TPSA) is 9.23 Å². The summed E-state index contributed by atoms with van der Waals surface area (Å²) in [6.07, 6.45) is 3.15. The molecule has 4 fully saturated rings. The van der Waals surface area contributed by atoms with Crippen molar-refractivity contribution < 1.29 is 22.3 Å². The van der Waals surface area contributed by atoms with Crippen LogP contribution in [-0.2, 0) is 4.74 Å². The minimum Gasteiger partial charge on any atom is -0.378 e. The van der Waals surface area contributed by atoms with Crippen LogP contribution in [0.5, 0.6) is 0 Å². The highest BCUT2D eigenvalue weighted by molar-refractivity contribution is 4.97. The van der Waals surface area contributed by atoms with Crippen molar-refractivity contribution >= 4 is 0 Å². The minimum absolute atomic E-state index is 0.00841. The third-order valence-electron chi connectivity index (χ3n) is 8.84. The number of alkyl halides is 4. The maximum absolute atomic E-state index is 15.1. The van der Waals surface area contributed by atoms with Crippen LogP contribution < -0.4 is 0 Å². The molecule has 4 saturated carbocycles. The lowest BCUT2D eigenvalue weighted by Crippen LogP contribution is -2.45. The molecule has 0 bridgehead atoms. The lowest BCUT2D eigenvalue weighted by atomic mass is 9.60. The van der Waals surface area contributed by atoms with Crippen molar-refractivity contribution in [3.8, 4) is 0 Å². The van der Waals surface area contributed by atoms with Crippen LogP contribution in [-0.4, -0.2) is 37.4 Å². The van der Waals surface area contributed by atoms with E-state index in [1.54, 1.807) is 0 Å². The predicted molar refractivity (Wildman–Crippen MR) is 107 cm³/mol. The Morgan fingerprint density at radius 1 is 0.552 bits per heavy atom. The molecule has 0 heterocycles. The summed E-state index contributed by atoms with van der Waals surface area (Å²) >= 11 is 0. The molecule has 29 heavy (non-hydrogen) atoms. The summed E-state index contributed by atoms with van der Waals surface area (Å²) in [5.74, 6) is 0.870. The molecule has 5 heteroatoms. The molecule has 0 aliphatic heterocycles. The smallest absolute Gasteiger partial charge is 0.131 e. The SMILES string of the molecule is CCOC1CCC2CC(C3CC(F)C(C4CCC(F)C(F)C4)C(F)C3)CCC2C1. The lowest BCUT2D eigenvalue weighted by molar-refractivity contribution is -0.0519. The van der Waals surface area contributed by atoms with Gasteiger partial charge >= 0.3 is 0 Å². The second-order valence-corrected chi connectivity index (χ2v) is 10.4. The summed E-state index contributed by atoms with van der Waals surface area (Å²) in [5.41, 5.74) is 0. The maximum atomic E-state index is 15.1. The normalized spacial score (nSPS) is 51.4. The van der Waals surface area contributed by atoms with Crippen molar-refractivity contribution in [1.82, 2.24) is 0 Å². The zero-order valence-electron chi connectivity index (χ0n) is 17.8. The van der Waals surface area contributed by atoms with Gasteiger partial charge in [-0.05, 0) is 107 Å². The van der Waals surface area contributed by atoms with E-state index in [-0.39, 0.29) is 24.7 Å². The van der Waals surface area contributed by atoms with Crippen LogP contribution in [0.1, 0.15) is 77.6 Å². The van der Waals surface area contributed by atoms with Gasteiger partial charge in [-0.15, -0.1) is 0 Å². The molecule has 0 aromatic carbocycles. The first-order valence-corrected chi connectivity index (χ1v) is 12.1. The van der Waals surface area contributed by atoms with E-state index in [2.05, 4.69) is 6.92 Å². The van der Waals surface area contributed by atoms with Crippen LogP contribution >= 0.6 is 0 Å². The molecule has 9 atom stereocenters. The van der Waals surface area contributed by atoms with E-state index in [9.17, 15) is 8.78 Å². The van der Waals surface area contributed by atoms with Crippen molar-refractivity contribution in [2.75, 3.05) is 6.61 Å². The standard InChI is InChI=1S/C24H38F4O/c1-2-29-19-7-5-14-9-15(3-4-16(14)10-19)18-12-22(27)24(23(28)13-18)17-6-8-20(25)21(26)11-17/h14-24H,2-13H2,1H3. The average Bonchev–Trinajstić information content (AvgIpc) is 2.70. The van der Waals surface area contributed by atoms with Crippen molar-refractivity contribution in [2.24, 2.45) is 35.5 Å². The van der Waals surface area contributed by atoms with E-state index in [4.69, 9.17) is 4.74 Å². The van der Waals surface area contributed by atoms with Crippen LogP contribution in [0.25, 0.3) is 0 Å². The van der Waals surface area contributed by atoms with Crippen LogP contribution in [0.15, 0.2) is 0 Å². The molecule has 0 radical (unpaired) electrons. The molecule has 0 aromatic rings. The van der Waals surface area contributed by atoms with E-state index in [1.165, 1.54) is 6.42 Å². The first-order chi connectivity index (χ1) is 14.0. The van der Waals surface area contributed by atoms with Crippen LogP contribution in [0.2, 0.25) is 0 Å². The molecule has 9 unspecified atom stereocenters. The Morgan fingerprint density at radius 2 is 1.10 bits per heavy atom. The summed E-state index contributed by atoms with van der Waals surface area (Å²) in [6.45, 7) is 2.83. The molecule has 0 amide bonds. The van der Waals surface area contributed by atoms with Crippen molar-refractivity contribution in [2.45, 2.75) is 108 Å². The number of ether oxygens (including phenoxy) is 1. The fourth-order valence-corrected chi connectivity index (χ4v) is 7.35. The Hall–Kier alpha value is -0.320. The highest BCUT2D eigenvalue weighted by atomic mass is 19.2. The van der Waals surface area contributed by atoms with E-state index < -0.39 is 30.6 Å². The van der Waals surface area contributed by atoms with Gasteiger partial charge < -0.3 is 4.74 Å². The fraction of sp³-hybridized carbons (Fsp3) is 1.00. The molecular formula is C24H38F4O. The number of rotatable bonds is 4. The maximum Gasteiger partial charge on any atom is 0.131 e. The van der Waals surface area contributed by atoms with E-state index in [0.717, 1.165) is 38.7 Å². The third kappa shape index (κ3) is 4.80. The Bertz CT molecular complexity index is 519. The molecule has 0 aromatic heterocycles. The minimum atomic E-state index is -1.55. The molecule has 0 spiro atoms. The van der Waals surface area contributed by atoms with Crippen molar-refractivity contribution in [1.29, 1.82) is 0 Å². The van der Waals surface area contributed by atoms with Gasteiger partial charge in [-0.2, -0.15) is 0 Å². The number of hydrogen-bond donors (Lipinski definition) is 0. The number of fused-ring (bicyclic) bond motifs is 1. The zero-order chi connectivity index (χ0) is 20.5. The monoisotopic (exact) mass is 418 g/mol.